The van der Waals surface area contributed by atoms with Crippen LogP contribution < -0.4 is 18.9 Å². The number of hydrogen-bond acceptors (Lipinski definition) is 5. The van der Waals surface area contributed by atoms with Crippen molar-refractivity contribution in [3.05, 3.63) is 47.8 Å². The number of aliphatic hydroxyl groups excluding tert-OH is 1. The summed E-state index contributed by atoms with van der Waals surface area (Å²) in [5, 5.41) is 11.5. The summed E-state index contributed by atoms with van der Waals surface area (Å²) >= 11 is 0. The van der Waals surface area contributed by atoms with E-state index in [1.807, 2.05) is 18.2 Å². The van der Waals surface area contributed by atoms with Crippen molar-refractivity contribution in [3.63, 3.8) is 0 Å². The first-order valence-electron chi connectivity index (χ1n) is 10.2. The van der Waals surface area contributed by atoms with Crippen LogP contribution in [0.4, 0.5) is 0 Å². The second-order valence-electron chi connectivity index (χ2n) is 7.78. The van der Waals surface area contributed by atoms with Gasteiger partial charge in [0.25, 0.3) is 0 Å². The topological polar surface area (TPSA) is 88.7 Å². The Bertz CT molecular complexity index is 1200. The van der Waals surface area contributed by atoms with Crippen molar-refractivity contribution in [2.75, 3.05) is 20.2 Å². The molecular weight excluding hydrogens is 384 g/mol. The van der Waals surface area contributed by atoms with Crippen LogP contribution in [0.1, 0.15) is 36.4 Å². The van der Waals surface area contributed by atoms with E-state index in [4.69, 9.17) is 18.9 Å². The lowest BCUT2D eigenvalue weighted by molar-refractivity contribution is 0.173. The highest BCUT2D eigenvalue weighted by Gasteiger charge is 2.24. The van der Waals surface area contributed by atoms with Crippen LogP contribution in [0, 0.1) is 0 Å². The summed E-state index contributed by atoms with van der Waals surface area (Å²) in [5.41, 5.74) is 4.38. The Balaban J connectivity index is 1.45. The average molecular weight is 406 g/mol. The minimum Gasteiger partial charge on any atom is -0.454 e. The van der Waals surface area contributed by atoms with E-state index in [1.54, 1.807) is 0 Å². The zero-order valence-corrected chi connectivity index (χ0v) is 16.4. The molecule has 2 aliphatic rings. The number of nitrogens with one attached hydrogen (secondary N) is 2. The molecule has 30 heavy (non-hydrogen) atoms. The molecule has 0 radical (unpaired) electrons. The van der Waals surface area contributed by atoms with Crippen molar-refractivity contribution < 1.29 is 24.1 Å². The highest BCUT2D eigenvalue weighted by Crippen LogP contribution is 2.42. The maximum absolute atomic E-state index is 9.29. The van der Waals surface area contributed by atoms with Gasteiger partial charge in [-0.05, 0) is 36.6 Å². The molecule has 2 aliphatic heterocycles. The van der Waals surface area contributed by atoms with Crippen LogP contribution in [0.3, 0.4) is 0 Å². The van der Waals surface area contributed by atoms with Crippen molar-refractivity contribution in [1.82, 2.24) is 9.97 Å². The second-order valence-corrected chi connectivity index (χ2v) is 7.78. The van der Waals surface area contributed by atoms with Gasteiger partial charge in [-0.2, -0.15) is 0 Å². The van der Waals surface area contributed by atoms with E-state index in [-0.39, 0.29) is 26.1 Å². The van der Waals surface area contributed by atoms with E-state index < -0.39 is 0 Å². The third-order valence-corrected chi connectivity index (χ3v) is 5.99. The predicted molar refractivity (Wildman–Crippen MR) is 112 cm³/mol. The lowest BCUT2D eigenvalue weighted by atomic mass is 9.90. The number of H-pyrrole nitrogens is 2. The first-order valence-corrected chi connectivity index (χ1v) is 10.2. The lowest BCUT2D eigenvalue weighted by Crippen LogP contribution is -2.02. The van der Waals surface area contributed by atoms with E-state index in [9.17, 15) is 5.11 Å². The quantitative estimate of drug-likeness (QED) is 0.413. The number of fused-ring (bicyclic) bond motifs is 4. The van der Waals surface area contributed by atoms with Gasteiger partial charge in [-0.1, -0.05) is 6.42 Å². The number of aromatic nitrogens is 2. The number of unbranched alkanes of at least 4 members (excludes halogenated alkanes) is 1. The lowest BCUT2D eigenvalue weighted by Gasteiger charge is -2.15. The molecule has 4 heterocycles. The van der Waals surface area contributed by atoms with Crippen LogP contribution in [-0.4, -0.2) is 35.3 Å². The summed E-state index contributed by atoms with van der Waals surface area (Å²) in [6, 6.07) is 10.3. The fraction of sp³-hybridized carbons (Fsp3) is 0.304. The fourth-order valence-corrected chi connectivity index (χ4v) is 4.49. The number of aromatic amines is 2. The van der Waals surface area contributed by atoms with Crippen LogP contribution in [0.25, 0.3) is 21.8 Å². The Labute approximate surface area is 172 Å². The molecule has 7 nitrogen and oxygen atoms in total. The van der Waals surface area contributed by atoms with E-state index in [0.717, 1.165) is 69.8 Å². The molecule has 1 atom stereocenters. The minimum atomic E-state index is 0.148. The molecule has 1 unspecified atom stereocenters. The molecule has 2 aromatic carbocycles. The summed E-state index contributed by atoms with van der Waals surface area (Å²) in [4.78, 5) is 6.98. The van der Waals surface area contributed by atoms with Crippen LogP contribution in [0.5, 0.6) is 23.0 Å². The van der Waals surface area contributed by atoms with Gasteiger partial charge in [0.2, 0.25) is 13.6 Å². The molecule has 0 aliphatic carbocycles. The maximum atomic E-state index is 9.29. The van der Waals surface area contributed by atoms with Gasteiger partial charge in [0.1, 0.15) is 0 Å². The Hall–Kier alpha value is -3.32. The van der Waals surface area contributed by atoms with Crippen LogP contribution in [-0.2, 0) is 0 Å². The Morgan fingerprint density at radius 2 is 1.53 bits per heavy atom. The molecule has 2 aromatic heterocycles. The van der Waals surface area contributed by atoms with Crippen LogP contribution in [0.15, 0.2) is 36.5 Å². The SMILES string of the molecule is OCCCCC(c1cc2cc3c(cc2[nH]1)OCO3)c1c[nH]c2cc3c(cc12)OCO3. The molecule has 6 rings (SSSR count). The molecule has 0 fully saturated rings. The summed E-state index contributed by atoms with van der Waals surface area (Å²) in [5.74, 6) is 3.25. The molecule has 0 spiro atoms. The van der Waals surface area contributed by atoms with Gasteiger partial charge < -0.3 is 34.0 Å². The normalized spacial score (nSPS) is 15.4. The Morgan fingerprint density at radius 1 is 0.833 bits per heavy atom. The van der Waals surface area contributed by atoms with Gasteiger partial charge in [0.15, 0.2) is 23.0 Å². The predicted octanol–water partition coefficient (Wildman–Crippen LogP) is 4.40. The molecule has 0 saturated heterocycles. The molecule has 3 N–H and O–H groups in total. The van der Waals surface area contributed by atoms with Crippen molar-refractivity contribution in [1.29, 1.82) is 0 Å². The molecule has 0 saturated carbocycles. The monoisotopic (exact) mass is 406 g/mol. The number of aliphatic hydroxyl groups is 1. The molecule has 0 amide bonds. The van der Waals surface area contributed by atoms with Crippen LogP contribution >= 0.6 is 0 Å². The van der Waals surface area contributed by atoms with Crippen molar-refractivity contribution in [3.8, 4) is 23.0 Å². The second kappa shape index (κ2) is 6.88. The number of benzene rings is 2. The van der Waals surface area contributed by atoms with Gasteiger partial charge >= 0.3 is 0 Å². The molecule has 4 aromatic rings. The van der Waals surface area contributed by atoms with Crippen molar-refractivity contribution in [2.24, 2.45) is 0 Å². The van der Waals surface area contributed by atoms with Gasteiger partial charge in [-0.3, -0.25) is 0 Å². The molecular formula is C23H22N2O5. The summed E-state index contributed by atoms with van der Waals surface area (Å²) in [7, 11) is 0. The standard InChI is InChI=1S/C23H22N2O5/c26-4-2-1-3-14(16-10-24-18-9-23-21(7-15(16)18)28-12-30-23)19-5-13-6-20-22(29-11-27-20)8-17(13)25-19/h5-10,14,24-26H,1-4,11-12H2. The highest BCUT2D eigenvalue weighted by atomic mass is 16.7. The van der Waals surface area contributed by atoms with Crippen molar-refractivity contribution in [2.45, 2.75) is 25.2 Å². The third kappa shape index (κ3) is 2.77. The Morgan fingerprint density at radius 3 is 2.30 bits per heavy atom. The summed E-state index contributed by atoms with van der Waals surface area (Å²) in [6.45, 7) is 0.728. The van der Waals surface area contributed by atoms with Gasteiger partial charge in [-0.25, -0.2) is 0 Å². The molecule has 7 heteroatoms. The smallest absolute Gasteiger partial charge is 0.231 e. The minimum absolute atomic E-state index is 0.148. The van der Waals surface area contributed by atoms with Crippen LogP contribution in [0.2, 0.25) is 0 Å². The summed E-state index contributed by atoms with van der Waals surface area (Å²) in [6.07, 6.45) is 4.69. The largest absolute Gasteiger partial charge is 0.454 e. The van der Waals surface area contributed by atoms with Gasteiger partial charge in [-0.15, -0.1) is 0 Å². The van der Waals surface area contributed by atoms with E-state index in [2.05, 4.69) is 28.3 Å². The van der Waals surface area contributed by atoms with E-state index in [0.29, 0.717) is 0 Å². The number of ether oxygens (including phenoxy) is 4. The fourth-order valence-electron chi connectivity index (χ4n) is 4.49. The zero-order chi connectivity index (χ0) is 20.1. The zero-order valence-electron chi connectivity index (χ0n) is 16.4. The van der Waals surface area contributed by atoms with Gasteiger partial charge in [0, 0.05) is 58.4 Å². The average Bonchev–Trinajstić information content (AvgIpc) is 3.53. The molecule has 154 valence electrons. The summed E-state index contributed by atoms with van der Waals surface area (Å²) < 4.78 is 22.2. The maximum Gasteiger partial charge on any atom is 0.231 e. The van der Waals surface area contributed by atoms with E-state index >= 15 is 0 Å². The first kappa shape index (κ1) is 17.5. The first-order chi connectivity index (χ1) is 14.8. The number of hydrogen-bond donors (Lipinski definition) is 3. The molecule has 0 bridgehead atoms. The van der Waals surface area contributed by atoms with Gasteiger partial charge in [0.05, 0.1) is 0 Å². The third-order valence-electron chi connectivity index (χ3n) is 5.99. The highest BCUT2D eigenvalue weighted by molar-refractivity contribution is 5.89. The number of rotatable bonds is 6. The Kier molecular flexibility index (Phi) is 4.02. The van der Waals surface area contributed by atoms with Crippen molar-refractivity contribution >= 4 is 21.8 Å². The van der Waals surface area contributed by atoms with E-state index in [1.165, 1.54) is 5.56 Å².